The molecule has 2 aliphatic heterocycles. The highest BCUT2D eigenvalue weighted by molar-refractivity contribution is 6.20. The molecule has 0 saturated heterocycles. The molecule has 6 heteroatoms. The Morgan fingerprint density at radius 2 is 0.780 bits per heavy atom. The second kappa shape index (κ2) is 19.4. The van der Waals surface area contributed by atoms with Crippen molar-refractivity contribution in [1.82, 2.24) is 0 Å². The van der Waals surface area contributed by atoms with E-state index >= 15 is 0 Å². The summed E-state index contributed by atoms with van der Waals surface area (Å²) in [6, 6.07) is 106. The molecule has 4 heterocycles. The molecule has 0 bridgehead atoms. The lowest BCUT2D eigenvalue weighted by Gasteiger charge is -2.47. The monoisotopic (exact) mass is 1280 g/mol. The molecular weight excluding hydrogens is 1220 g/mol. The number of furan rings is 2. The molecule has 14 aromatic carbocycles. The van der Waals surface area contributed by atoms with Crippen LogP contribution in [0.5, 0.6) is 11.5 Å². The zero-order valence-electron chi connectivity index (χ0n) is 56.2. The van der Waals surface area contributed by atoms with Crippen LogP contribution in [0.3, 0.4) is 0 Å². The van der Waals surface area contributed by atoms with Gasteiger partial charge in [0.1, 0.15) is 11.2 Å². The van der Waals surface area contributed by atoms with Crippen molar-refractivity contribution in [2.45, 2.75) is 63.2 Å². The summed E-state index contributed by atoms with van der Waals surface area (Å²) < 4.78 is 22.0. The SMILES string of the molecule is CC1(C)c2ccccc2-c2c1ccc1oc3c(N(c4ccccc4)c4ccc5c(c4)C4(c6ccccc6N6c7ccccc7Oc7cccc4c76)c4cc(N(c6ccccc6)c6cccc7c6oc6ccc8c(c67)-c6ccccc6C8(C)C)c6c(c4-5)C(C)(C)c4ccccc4-6)cccc3c21. The number of nitrogens with zero attached hydrogens (tertiary/aromatic N) is 3. The predicted molar refractivity (Wildman–Crippen MR) is 409 cm³/mol. The van der Waals surface area contributed by atoms with Gasteiger partial charge in [-0.3, -0.25) is 0 Å². The standard InChI is InChI=1S/C94H65N3O3/c1-91(2)63-35-16-13-30-57(63)81-67(91)48-50-78-85(81)61-33-23-42-74(89(61)99-78)95(54-26-9-7-10-27-54)56-46-47-60-70(52-56)94(66-38-19-20-40-72(66)97-73-41-21-22-44-77(73)98-80-45-25-39-69(94)88(80)97)71-53-76(84-59-32-15-18-37-65(59)93(5,6)87(84)83(60)71)96(55-28-11-8-12-29-55)75-43-24-34-62-86-79(100-90(62)75)51-49-68-82(86)58-31-14-17-36-64(58)92(68,3)4/h7-53H,1-6H3. The minimum absolute atomic E-state index is 0.176. The highest BCUT2D eigenvalue weighted by Gasteiger charge is 2.57. The van der Waals surface area contributed by atoms with Gasteiger partial charge in [-0.2, -0.15) is 0 Å². The van der Waals surface area contributed by atoms with E-state index in [1.165, 1.54) is 94.6 Å². The van der Waals surface area contributed by atoms with Gasteiger partial charge in [0, 0.05) is 60.4 Å². The predicted octanol–water partition coefficient (Wildman–Crippen LogP) is 25.6. The third-order valence-corrected chi connectivity index (χ3v) is 23.8. The highest BCUT2D eigenvalue weighted by atomic mass is 16.5. The molecular formula is C94H65N3O3. The van der Waals surface area contributed by atoms with Gasteiger partial charge in [0.25, 0.3) is 0 Å². The molecule has 0 radical (unpaired) electrons. The molecule has 474 valence electrons. The van der Waals surface area contributed by atoms with Crippen molar-refractivity contribution in [1.29, 1.82) is 0 Å². The maximum Gasteiger partial charge on any atom is 0.159 e. The Labute approximate surface area is 579 Å². The molecule has 22 rings (SSSR count). The Hall–Kier alpha value is -12.1. The number of para-hydroxylation sites is 8. The molecule has 16 aromatic rings. The lowest BCUT2D eigenvalue weighted by atomic mass is 9.64. The summed E-state index contributed by atoms with van der Waals surface area (Å²) in [4.78, 5) is 7.45. The second-order valence-electron chi connectivity index (χ2n) is 29.7. The quantitative estimate of drug-likeness (QED) is 0.165. The number of ether oxygens (including phenoxy) is 1. The summed E-state index contributed by atoms with van der Waals surface area (Å²) >= 11 is 0. The van der Waals surface area contributed by atoms with E-state index in [0.717, 1.165) is 112 Å². The van der Waals surface area contributed by atoms with Gasteiger partial charge in [-0.25, -0.2) is 0 Å². The van der Waals surface area contributed by atoms with Gasteiger partial charge in [0.05, 0.1) is 39.5 Å². The summed E-state index contributed by atoms with van der Waals surface area (Å²) in [7, 11) is 0. The van der Waals surface area contributed by atoms with Crippen LogP contribution in [0.4, 0.5) is 51.2 Å². The van der Waals surface area contributed by atoms with E-state index in [-0.39, 0.29) is 10.8 Å². The van der Waals surface area contributed by atoms with Crippen LogP contribution in [0.25, 0.3) is 88.4 Å². The summed E-state index contributed by atoms with van der Waals surface area (Å²) in [6.45, 7) is 14.3. The fraction of sp³-hybridized carbons (Fsp3) is 0.106. The summed E-state index contributed by atoms with van der Waals surface area (Å²) in [5, 5.41) is 4.48. The maximum absolute atomic E-state index is 7.49. The van der Waals surface area contributed by atoms with E-state index in [1.807, 2.05) is 0 Å². The maximum atomic E-state index is 7.49. The first-order valence-electron chi connectivity index (χ1n) is 35.1. The van der Waals surface area contributed by atoms with Crippen molar-refractivity contribution in [2.24, 2.45) is 0 Å². The van der Waals surface area contributed by atoms with Crippen molar-refractivity contribution in [3.63, 3.8) is 0 Å². The highest BCUT2D eigenvalue weighted by Crippen LogP contribution is 2.71. The van der Waals surface area contributed by atoms with Crippen molar-refractivity contribution in [3.8, 4) is 56.0 Å². The Morgan fingerprint density at radius 1 is 0.300 bits per heavy atom. The lowest BCUT2D eigenvalue weighted by molar-refractivity contribution is 0.473. The fourth-order valence-electron chi connectivity index (χ4n) is 19.6. The van der Waals surface area contributed by atoms with E-state index in [9.17, 15) is 0 Å². The van der Waals surface area contributed by atoms with Gasteiger partial charge in [-0.15, -0.1) is 0 Å². The first-order chi connectivity index (χ1) is 48.9. The lowest BCUT2D eigenvalue weighted by Crippen LogP contribution is -2.37. The van der Waals surface area contributed by atoms with E-state index in [0.29, 0.717) is 0 Å². The molecule has 1 spiro atoms. The molecule has 0 amide bonds. The van der Waals surface area contributed by atoms with Crippen LogP contribution < -0.4 is 19.4 Å². The smallest absolute Gasteiger partial charge is 0.159 e. The van der Waals surface area contributed by atoms with Gasteiger partial charge >= 0.3 is 0 Å². The Morgan fingerprint density at radius 3 is 1.40 bits per heavy atom. The molecule has 6 aliphatic rings. The molecule has 0 N–H and O–H groups in total. The Kier molecular flexibility index (Phi) is 10.8. The van der Waals surface area contributed by atoms with Crippen molar-refractivity contribution in [3.05, 3.63) is 341 Å². The van der Waals surface area contributed by atoms with Crippen LogP contribution >= 0.6 is 0 Å². The molecule has 4 aliphatic carbocycles. The zero-order chi connectivity index (χ0) is 66.4. The second-order valence-corrected chi connectivity index (χ2v) is 29.7. The minimum atomic E-state index is -0.966. The van der Waals surface area contributed by atoms with E-state index in [4.69, 9.17) is 13.6 Å². The molecule has 100 heavy (non-hydrogen) atoms. The average Bonchev–Trinajstić information content (AvgIpc) is 1.47. The fourth-order valence-corrected chi connectivity index (χ4v) is 19.6. The Bertz CT molecular complexity index is 6320. The topological polar surface area (TPSA) is 45.2 Å². The molecule has 2 aromatic heterocycles. The molecule has 1 unspecified atom stereocenters. The number of fused-ring (bicyclic) bond motifs is 29. The van der Waals surface area contributed by atoms with Crippen LogP contribution in [0, 0.1) is 0 Å². The molecule has 0 saturated carbocycles. The van der Waals surface area contributed by atoms with E-state index in [1.54, 1.807) is 0 Å². The number of hydrogen-bond acceptors (Lipinski definition) is 6. The summed E-state index contributed by atoms with van der Waals surface area (Å²) in [5.74, 6) is 1.63. The number of anilines is 9. The Balaban J connectivity index is 0.859. The first-order valence-corrected chi connectivity index (χ1v) is 35.1. The summed E-state index contributed by atoms with van der Waals surface area (Å²) in [5.41, 5.74) is 33.3. The third-order valence-electron chi connectivity index (χ3n) is 23.8. The first kappa shape index (κ1) is 56.0. The van der Waals surface area contributed by atoms with E-state index in [2.05, 4.69) is 341 Å². The third kappa shape index (κ3) is 6.88. The van der Waals surface area contributed by atoms with Gasteiger partial charge in [-0.05, 0) is 186 Å². The van der Waals surface area contributed by atoms with Crippen LogP contribution in [-0.2, 0) is 21.7 Å². The molecule has 0 fully saturated rings. The minimum Gasteiger partial charge on any atom is -0.454 e. The van der Waals surface area contributed by atoms with Crippen molar-refractivity contribution >= 4 is 95.1 Å². The van der Waals surface area contributed by atoms with Crippen LogP contribution in [0.1, 0.15) is 97.2 Å². The van der Waals surface area contributed by atoms with Gasteiger partial charge in [0.2, 0.25) is 0 Å². The van der Waals surface area contributed by atoms with Crippen LogP contribution in [-0.4, -0.2) is 0 Å². The van der Waals surface area contributed by atoms with Crippen molar-refractivity contribution < 1.29 is 13.6 Å². The molecule has 6 nitrogen and oxygen atoms in total. The van der Waals surface area contributed by atoms with Gasteiger partial charge in [0.15, 0.2) is 22.7 Å². The van der Waals surface area contributed by atoms with Crippen LogP contribution in [0.2, 0.25) is 0 Å². The average molecular weight is 1280 g/mol. The van der Waals surface area contributed by atoms with E-state index < -0.39 is 10.8 Å². The number of rotatable bonds is 6. The van der Waals surface area contributed by atoms with Gasteiger partial charge in [-0.1, -0.05) is 236 Å². The zero-order valence-corrected chi connectivity index (χ0v) is 56.2. The van der Waals surface area contributed by atoms with Crippen LogP contribution in [0.15, 0.2) is 294 Å². The molecule has 1 atom stereocenters. The summed E-state index contributed by atoms with van der Waals surface area (Å²) in [6.07, 6.45) is 0. The largest absolute Gasteiger partial charge is 0.454 e. The van der Waals surface area contributed by atoms with Gasteiger partial charge < -0.3 is 28.3 Å². The normalized spacial score (nSPS) is 16.4. The number of benzene rings is 14. The number of hydrogen-bond donors (Lipinski definition) is 0. The van der Waals surface area contributed by atoms with Crippen molar-refractivity contribution in [2.75, 3.05) is 14.7 Å².